The second-order valence-corrected chi connectivity index (χ2v) is 7.68. The van der Waals surface area contributed by atoms with Crippen molar-refractivity contribution in [3.8, 4) is 11.5 Å². The summed E-state index contributed by atoms with van der Waals surface area (Å²) in [5, 5.41) is 9.56. The van der Waals surface area contributed by atoms with Crippen LogP contribution in [-0.4, -0.2) is 57.4 Å². The van der Waals surface area contributed by atoms with E-state index < -0.39 is 5.97 Å². The van der Waals surface area contributed by atoms with E-state index in [4.69, 9.17) is 9.47 Å². The summed E-state index contributed by atoms with van der Waals surface area (Å²) in [6.45, 7) is 1.39. The fourth-order valence-electron chi connectivity index (χ4n) is 4.03. The normalized spacial score (nSPS) is 18.1. The van der Waals surface area contributed by atoms with Crippen molar-refractivity contribution >= 4 is 11.7 Å². The topological polar surface area (TPSA) is 62.2 Å². The Morgan fingerprint density at radius 1 is 1.07 bits per heavy atom. The Morgan fingerprint density at radius 3 is 2.31 bits per heavy atom. The second kappa shape index (κ2) is 9.18. The standard InChI is InChI=1S/C23H30N2O4/c1-24(2)19-10-7-16(8-11-19)22(25-13-5-6-18(15-25)23(26)27)17-9-12-20(28-3)21(14-17)29-4/h7-12,14,18,22H,5-6,13,15H2,1-4H3,(H,26,27). The quantitative estimate of drug-likeness (QED) is 0.768. The molecule has 1 saturated heterocycles. The van der Waals surface area contributed by atoms with E-state index in [2.05, 4.69) is 34.1 Å². The van der Waals surface area contributed by atoms with Crippen LogP contribution in [-0.2, 0) is 4.79 Å². The van der Waals surface area contributed by atoms with Crippen LogP contribution in [0.2, 0.25) is 0 Å². The van der Waals surface area contributed by atoms with Crippen molar-refractivity contribution in [3.63, 3.8) is 0 Å². The van der Waals surface area contributed by atoms with Gasteiger partial charge in [0.15, 0.2) is 11.5 Å². The van der Waals surface area contributed by atoms with E-state index in [0.29, 0.717) is 18.0 Å². The summed E-state index contributed by atoms with van der Waals surface area (Å²) in [6, 6.07) is 14.3. The number of likely N-dealkylation sites (tertiary alicyclic amines) is 1. The molecule has 1 fully saturated rings. The molecule has 0 amide bonds. The second-order valence-electron chi connectivity index (χ2n) is 7.68. The first-order chi connectivity index (χ1) is 13.9. The molecule has 0 aromatic heterocycles. The summed E-state index contributed by atoms with van der Waals surface area (Å²) >= 11 is 0. The van der Waals surface area contributed by atoms with Gasteiger partial charge in [0.05, 0.1) is 26.2 Å². The molecule has 0 saturated carbocycles. The van der Waals surface area contributed by atoms with Crippen LogP contribution in [0.4, 0.5) is 5.69 Å². The average Bonchev–Trinajstić information content (AvgIpc) is 2.74. The Balaban J connectivity index is 2.02. The maximum atomic E-state index is 11.6. The van der Waals surface area contributed by atoms with Gasteiger partial charge in [-0.15, -0.1) is 0 Å². The van der Waals surface area contributed by atoms with Gasteiger partial charge in [0.1, 0.15) is 0 Å². The summed E-state index contributed by atoms with van der Waals surface area (Å²) in [6.07, 6.45) is 1.60. The third-order valence-corrected chi connectivity index (χ3v) is 5.62. The molecule has 2 unspecified atom stereocenters. The molecule has 0 spiro atoms. The van der Waals surface area contributed by atoms with Crippen LogP contribution in [0.5, 0.6) is 11.5 Å². The fraction of sp³-hybridized carbons (Fsp3) is 0.435. The van der Waals surface area contributed by atoms with Gasteiger partial charge in [-0.25, -0.2) is 0 Å². The molecule has 1 heterocycles. The molecule has 0 radical (unpaired) electrons. The van der Waals surface area contributed by atoms with Gasteiger partial charge >= 0.3 is 5.97 Å². The van der Waals surface area contributed by atoms with Crippen molar-refractivity contribution in [2.75, 3.05) is 46.3 Å². The van der Waals surface area contributed by atoms with E-state index >= 15 is 0 Å². The van der Waals surface area contributed by atoms with Crippen molar-refractivity contribution in [2.45, 2.75) is 18.9 Å². The van der Waals surface area contributed by atoms with Gasteiger partial charge in [-0.3, -0.25) is 9.69 Å². The van der Waals surface area contributed by atoms with Crippen LogP contribution >= 0.6 is 0 Å². The van der Waals surface area contributed by atoms with Crippen molar-refractivity contribution in [1.29, 1.82) is 0 Å². The number of ether oxygens (including phenoxy) is 2. The smallest absolute Gasteiger partial charge is 0.307 e. The van der Waals surface area contributed by atoms with Crippen LogP contribution in [0.25, 0.3) is 0 Å². The Bertz CT molecular complexity index is 835. The number of carbonyl (C=O) groups is 1. The molecule has 29 heavy (non-hydrogen) atoms. The van der Waals surface area contributed by atoms with Crippen LogP contribution in [0.15, 0.2) is 42.5 Å². The van der Waals surface area contributed by atoms with Gasteiger partial charge in [0, 0.05) is 26.3 Å². The maximum Gasteiger partial charge on any atom is 0.307 e. The van der Waals surface area contributed by atoms with Crippen LogP contribution in [0.1, 0.15) is 30.0 Å². The molecule has 2 aromatic carbocycles. The Kier molecular flexibility index (Phi) is 6.64. The van der Waals surface area contributed by atoms with Crippen molar-refractivity contribution in [1.82, 2.24) is 4.90 Å². The minimum absolute atomic E-state index is 0.0480. The number of nitrogens with zero attached hydrogens (tertiary/aromatic N) is 2. The first-order valence-electron chi connectivity index (χ1n) is 9.90. The molecule has 2 aromatic rings. The highest BCUT2D eigenvalue weighted by molar-refractivity contribution is 5.70. The molecule has 156 valence electrons. The summed E-state index contributed by atoms with van der Waals surface area (Å²) in [4.78, 5) is 16.0. The first-order valence-corrected chi connectivity index (χ1v) is 9.90. The van der Waals surface area contributed by atoms with E-state index in [1.54, 1.807) is 14.2 Å². The molecule has 0 aliphatic carbocycles. The number of benzene rings is 2. The Morgan fingerprint density at radius 2 is 1.72 bits per heavy atom. The molecule has 1 aliphatic heterocycles. The highest BCUT2D eigenvalue weighted by atomic mass is 16.5. The van der Waals surface area contributed by atoms with E-state index in [1.807, 2.05) is 32.3 Å². The predicted octanol–water partition coefficient (Wildman–Crippen LogP) is 3.66. The van der Waals surface area contributed by atoms with Crippen LogP contribution in [0, 0.1) is 5.92 Å². The number of rotatable bonds is 7. The van der Waals surface area contributed by atoms with Gasteiger partial charge < -0.3 is 19.5 Å². The van der Waals surface area contributed by atoms with E-state index in [0.717, 1.165) is 36.2 Å². The number of carboxylic acids is 1. The van der Waals surface area contributed by atoms with Crippen LogP contribution in [0.3, 0.4) is 0 Å². The number of piperidine rings is 1. The molecule has 0 bridgehead atoms. The number of hydrogen-bond donors (Lipinski definition) is 1. The largest absolute Gasteiger partial charge is 0.493 e. The summed E-state index contributed by atoms with van der Waals surface area (Å²) in [7, 11) is 7.28. The minimum Gasteiger partial charge on any atom is -0.493 e. The van der Waals surface area contributed by atoms with Crippen molar-refractivity contribution in [3.05, 3.63) is 53.6 Å². The number of hydrogen-bond acceptors (Lipinski definition) is 5. The Labute approximate surface area is 172 Å². The molecule has 3 rings (SSSR count). The van der Waals surface area contributed by atoms with Gasteiger partial charge in [-0.05, 0) is 54.8 Å². The number of aliphatic carboxylic acids is 1. The molecule has 6 heteroatoms. The lowest BCUT2D eigenvalue weighted by Gasteiger charge is -2.38. The number of carboxylic acid groups (broad SMARTS) is 1. The number of methoxy groups -OCH3 is 2. The van der Waals surface area contributed by atoms with Gasteiger partial charge in [0.25, 0.3) is 0 Å². The van der Waals surface area contributed by atoms with E-state index in [9.17, 15) is 9.90 Å². The van der Waals surface area contributed by atoms with E-state index in [1.165, 1.54) is 0 Å². The SMILES string of the molecule is COc1ccc(C(c2ccc(N(C)C)cc2)N2CCCC(C(=O)O)C2)cc1OC. The lowest BCUT2D eigenvalue weighted by Crippen LogP contribution is -2.41. The lowest BCUT2D eigenvalue weighted by molar-refractivity contribution is -0.143. The molecule has 2 atom stereocenters. The van der Waals surface area contributed by atoms with Gasteiger partial charge in [0.2, 0.25) is 0 Å². The van der Waals surface area contributed by atoms with Gasteiger partial charge in [-0.1, -0.05) is 18.2 Å². The summed E-state index contributed by atoms with van der Waals surface area (Å²) in [5.41, 5.74) is 3.32. The fourth-order valence-corrected chi connectivity index (χ4v) is 4.03. The van der Waals surface area contributed by atoms with Crippen LogP contribution < -0.4 is 14.4 Å². The molecule has 6 nitrogen and oxygen atoms in total. The first kappa shape index (κ1) is 21.0. The summed E-state index contributed by atoms with van der Waals surface area (Å²) in [5.74, 6) is 0.294. The minimum atomic E-state index is -0.719. The van der Waals surface area contributed by atoms with E-state index in [-0.39, 0.29) is 12.0 Å². The highest BCUT2D eigenvalue weighted by Crippen LogP contribution is 2.37. The predicted molar refractivity (Wildman–Crippen MR) is 114 cm³/mol. The molecular weight excluding hydrogens is 368 g/mol. The zero-order valence-corrected chi connectivity index (χ0v) is 17.6. The molecular formula is C23H30N2O4. The summed E-state index contributed by atoms with van der Waals surface area (Å²) < 4.78 is 10.9. The van der Waals surface area contributed by atoms with Gasteiger partial charge in [-0.2, -0.15) is 0 Å². The Hall–Kier alpha value is -2.73. The highest BCUT2D eigenvalue weighted by Gasteiger charge is 2.31. The monoisotopic (exact) mass is 398 g/mol. The van der Waals surface area contributed by atoms with Crippen molar-refractivity contribution in [2.24, 2.45) is 5.92 Å². The maximum absolute atomic E-state index is 11.6. The molecule has 1 aliphatic rings. The lowest BCUT2D eigenvalue weighted by atomic mass is 9.91. The third-order valence-electron chi connectivity index (χ3n) is 5.62. The molecule has 1 N–H and O–H groups in total. The number of anilines is 1. The zero-order chi connectivity index (χ0) is 21.0. The third kappa shape index (κ3) is 4.65. The average molecular weight is 399 g/mol. The van der Waals surface area contributed by atoms with Crippen molar-refractivity contribution < 1.29 is 19.4 Å². The zero-order valence-electron chi connectivity index (χ0n) is 17.6.